The van der Waals surface area contributed by atoms with Crippen LogP contribution in [0.4, 0.5) is 0 Å². The molecular formula is C18H22O. The van der Waals surface area contributed by atoms with Crippen LogP contribution < -0.4 is 0 Å². The van der Waals surface area contributed by atoms with Gasteiger partial charge in [-0.1, -0.05) is 55.8 Å². The van der Waals surface area contributed by atoms with E-state index in [1.165, 1.54) is 12.0 Å². The summed E-state index contributed by atoms with van der Waals surface area (Å²) in [6.45, 7) is 6.46. The van der Waals surface area contributed by atoms with Crippen LogP contribution in [-0.2, 0) is 4.79 Å². The molecule has 0 heterocycles. The van der Waals surface area contributed by atoms with E-state index >= 15 is 0 Å². The van der Waals surface area contributed by atoms with E-state index in [-0.39, 0.29) is 11.2 Å². The van der Waals surface area contributed by atoms with Crippen molar-refractivity contribution in [3.05, 3.63) is 53.1 Å². The van der Waals surface area contributed by atoms with Crippen molar-refractivity contribution in [1.82, 2.24) is 0 Å². The van der Waals surface area contributed by atoms with Crippen molar-refractivity contribution in [1.29, 1.82) is 0 Å². The quantitative estimate of drug-likeness (QED) is 0.708. The Kier molecular flexibility index (Phi) is 4.04. The van der Waals surface area contributed by atoms with Gasteiger partial charge < -0.3 is 0 Å². The number of allylic oxidation sites excluding steroid dienone is 3. The largest absolute Gasteiger partial charge is 0.290 e. The standard InChI is InChI=1S/C18H22O/c1-14-8-7-13-18(2,3)17(14)16(19)12-11-15-9-5-4-6-10-15/h4-6,9-12H,7-8,13H2,1-3H3/b12-11+. The molecule has 0 atom stereocenters. The summed E-state index contributed by atoms with van der Waals surface area (Å²) in [6.07, 6.45) is 6.99. The first-order valence-corrected chi connectivity index (χ1v) is 6.98. The fourth-order valence-electron chi connectivity index (χ4n) is 2.99. The Balaban J connectivity index is 2.22. The van der Waals surface area contributed by atoms with Crippen molar-refractivity contribution >= 4 is 11.9 Å². The van der Waals surface area contributed by atoms with Gasteiger partial charge in [0.2, 0.25) is 0 Å². The molecule has 0 aliphatic heterocycles. The molecule has 0 saturated heterocycles. The SMILES string of the molecule is CC1=C(C(=O)/C=C/c2ccccc2)C(C)(C)CCC1. The molecule has 0 radical (unpaired) electrons. The zero-order chi connectivity index (χ0) is 13.9. The van der Waals surface area contributed by atoms with Crippen molar-refractivity contribution in [2.45, 2.75) is 40.0 Å². The number of benzene rings is 1. The molecule has 1 aromatic carbocycles. The van der Waals surface area contributed by atoms with Crippen LogP contribution in [0, 0.1) is 5.41 Å². The number of carbonyl (C=O) groups is 1. The van der Waals surface area contributed by atoms with Crippen LogP contribution in [0.1, 0.15) is 45.6 Å². The molecule has 0 spiro atoms. The van der Waals surface area contributed by atoms with Crippen LogP contribution in [-0.4, -0.2) is 5.78 Å². The monoisotopic (exact) mass is 254 g/mol. The highest BCUT2D eigenvalue weighted by Crippen LogP contribution is 2.40. The van der Waals surface area contributed by atoms with E-state index in [9.17, 15) is 4.79 Å². The topological polar surface area (TPSA) is 17.1 Å². The third-order valence-electron chi connectivity index (χ3n) is 3.93. The molecule has 1 nitrogen and oxygen atoms in total. The smallest absolute Gasteiger partial charge is 0.182 e. The summed E-state index contributed by atoms with van der Waals surface area (Å²) in [5.74, 6) is 0.172. The Morgan fingerprint density at radius 2 is 1.89 bits per heavy atom. The molecule has 0 saturated carbocycles. The molecular weight excluding hydrogens is 232 g/mol. The van der Waals surface area contributed by atoms with Crippen molar-refractivity contribution in [3.63, 3.8) is 0 Å². The molecule has 0 N–H and O–H groups in total. The number of ketones is 1. The predicted octanol–water partition coefficient (Wildman–Crippen LogP) is 4.80. The summed E-state index contributed by atoms with van der Waals surface area (Å²) in [5, 5.41) is 0. The van der Waals surface area contributed by atoms with Crippen LogP contribution in [0.15, 0.2) is 47.6 Å². The Hall–Kier alpha value is -1.63. The Labute approximate surface area is 116 Å². The van der Waals surface area contributed by atoms with Gasteiger partial charge in [-0.15, -0.1) is 0 Å². The van der Waals surface area contributed by atoms with Gasteiger partial charge in [0.15, 0.2) is 5.78 Å². The predicted molar refractivity (Wildman–Crippen MR) is 80.8 cm³/mol. The van der Waals surface area contributed by atoms with Gasteiger partial charge in [0, 0.05) is 5.57 Å². The van der Waals surface area contributed by atoms with Gasteiger partial charge in [-0.25, -0.2) is 0 Å². The van der Waals surface area contributed by atoms with Gasteiger partial charge in [-0.3, -0.25) is 4.79 Å². The van der Waals surface area contributed by atoms with Gasteiger partial charge >= 0.3 is 0 Å². The Morgan fingerprint density at radius 3 is 2.53 bits per heavy atom. The fraction of sp³-hybridized carbons (Fsp3) is 0.389. The highest BCUT2D eigenvalue weighted by Gasteiger charge is 2.31. The van der Waals surface area contributed by atoms with Crippen LogP contribution in [0.3, 0.4) is 0 Å². The lowest BCUT2D eigenvalue weighted by Crippen LogP contribution is -2.25. The first-order chi connectivity index (χ1) is 9.00. The van der Waals surface area contributed by atoms with Gasteiger partial charge in [0.1, 0.15) is 0 Å². The number of rotatable bonds is 3. The third kappa shape index (κ3) is 3.23. The van der Waals surface area contributed by atoms with Crippen LogP contribution in [0.25, 0.3) is 6.08 Å². The number of hydrogen-bond donors (Lipinski definition) is 0. The first kappa shape index (κ1) is 13.8. The Morgan fingerprint density at radius 1 is 1.21 bits per heavy atom. The van der Waals surface area contributed by atoms with E-state index in [1.807, 2.05) is 36.4 Å². The lowest BCUT2D eigenvalue weighted by Gasteiger charge is -2.32. The van der Waals surface area contributed by atoms with Crippen molar-refractivity contribution < 1.29 is 4.79 Å². The van der Waals surface area contributed by atoms with E-state index < -0.39 is 0 Å². The number of carbonyl (C=O) groups excluding carboxylic acids is 1. The molecule has 1 heteroatoms. The zero-order valence-corrected chi connectivity index (χ0v) is 12.1. The van der Waals surface area contributed by atoms with Crippen molar-refractivity contribution in [2.75, 3.05) is 0 Å². The Bertz CT molecular complexity index is 518. The molecule has 19 heavy (non-hydrogen) atoms. The minimum Gasteiger partial charge on any atom is -0.290 e. The molecule has 2 rings (SSSR count). The second kappa shape index (κ2) is 5.56. The lowest BCUT2D eigenvalue weighted by atomic mass is 9.71. The summed E-state index contributed by atoms with van der Waals surface area (Å²) in [6, 6.07) is 9.97. The molecule has 1 aromatic rings. The summed E-state index contributed by atoms with van der Waals surface area (Å²) < 4.78 is 0. The maximum absolute atomic E-state index is 12.5. The van der Waals surface area contributed by atoms with Crippen LogP contribution in [0.2, 0.25) is 0 Å². The van der Waals surface area contributed by atoms with E-state index in [2.05, 4.69) is 20.8 Å². The second-order valence-electron chi connectivity index (χ2n) is 6.00. The highest BCUT2D eigenvalue weighted by molar-refractivity contribution is 6.07. The first-order valence-electron chi connectivity index (χ1n) is 6.98. The molecule has 0 bridgehead atoms. The van der Waals surface area contributed by atoms with Gasteiger partial charge in [-0.2, -0.15) is 0 Å². The second-order valence-corrected chi connectivity index (χ2v) is 6.00. The van der Waals surface area contributed by atoms with Crippen molar-refractivity contribution in [3.8, 4) is 0 Å². The maximum atomic E-state index is 12.5. The summed E-state index contributed by atoms with van der Waals surface area (Å²) in [7, 11) is 0. The molecule has 0 fully saturated rings. The fourth-order valence-corrected chi connectivity index (χ4v) is 2.99. The highest BCUT2D eigenvalue weighted by atomic mass is 16.1. The average molecular weight is 254 g/mol. The van der Waals surface area contributed by atoms with Gasteiger partial charge in [0.25, 0.3) is 0 Å². The zero-order valence-electron chi connectivity index (χ0n) is 12.1. The van der Waals surface area contributed by atoms with Crippen LogP contribution in [0.5, 0.6) is 0 Å². The summed E-state index contributed by atoms with van der Waals surface area (Å²) in [4.78, 5) is 12.5. The molecule has 0 unspecified atom stereocenters. The molecule has 100 valence electrons. The minimum absolute atomic E-state index is 0.0143. The van der Waals surface area contributed by atoms with Crippen molar-refractivity contribution in [2.24, 2.45) is 5.41 Å². The lowest BCUT2D eigenvalue weighted by molar-refractivity contribution is -0.112. The van der Waals surface area contributed by atoms with Gasteiger partial charge in [0.05, 0.1) is 0 Å². The molecule has 0 amide bonds. The molecule has 0 aromatic heterocycles. The third-order valence-corrected chi connectivity index (χ3v) is 3.93. The van der Waals surface area contributed by atoms with E-state index in [0.717, 1.165) is 24.0 Å². The summed E-state index contributed by atoms with van der Waals surface area (Å²) >= 11 is 0. The normalized spacial score (nSPS) is 18.9. The van der Waals surface area contributed by atoms with E-state index in [0.29, 0.717) is 0 Å². The minimum atomic E-state index is 0.0143. The average Bonchev–Trinajstić information content (AvgIpc) is 2.36. The van der Waals surface area contributed by atoms with Gasteiger partial charge in [-0.05, 0) is 43.2 Å². The maximum Gasteiger partial charge on any atom is 0.182 e. The van der Waals surface area contributed by atoms with Crippen LogP contribution >= 0.6 is 0 Å². The molecule has 1 aliphatic carbocycles. The van der Waals surface area contributed by atoms with E-state index in [1.54, 1.807) is 6.08 Å². The number of hydrogen-bond acceptors (Lipinski definition) is 1. The summed E-state index contributed by atoms with van der Waals surface area (Å²) in [5.41, 5.74) is 3.37. The molecule has 1 aliphatic rings. The van der Waals surface area contributed by atoms with E-state index in [4.69, 9.17) is 0 Å².